The lowest BCUT2D eigenvalue weighted by atomic mass is 10.1. The van der Waals surface area contributed by atoms with Crippen molar-refractivity contribution in [2.45, 2.75) is 13.5 Å². The highest BCUT2D eigenvalue weighted by Gasteiger charge is 2.20. The molecule has 0 aliphatic heterocycles. The molecule has 0 saturated heterocycles. The molecule has 4 nitrogen and oxygen atoms in total. The highest BCUT2D eigenvalue weighted by atomic mass is 35.5. The van der Waals surface area contributed by atoms with E-state index in [1.165, 1.54) is 11.1 Å². The molecule has 0 saturated carbocycles. The average molecular weight is 419 g/mol. The Kier molecular flexibility index (Phi) is 5.77. The van der Waals surface area contributed by atoms with Crippen LogP contribution in [0, 0.1) is 6.92 Å². The van der Waals surface area contributed by atoms with Crippen molar-refractivity contribution < 1.29 is 9.47 Å². The van der Waals surface area contributed by atoms with Gasteiger partial charge < -0.3 is 9.47 Å². The van der Waals surface area contributed by atoms with E-state index in [2.05, 4.69) is 19.1 Å². The summed E-state index contributed by atoms with van der Waals surface area (Å²) in [6, 6.07) is 24.0. The SMILES string of the molecule is COc1ccc(-c2nn(Cc3ccccc3C)c(-c3ccc(OC)cc3)c2Cl)cc1. The molecule has 0 amide bonds. The zero-order valence-electron chi connectivity index (χ0n) is 17.2. The predicted octanol–water partition coefficient (Wildman–Crippen LogP) is 6.24. The van der Waals surface area contributed by atoms with Gasteiger partial charge in [-0.2, -0.15) is 5.10 Å². The minimum absolute atomic E-state index is 0.624. The minimum atomic E-state index is 0.624. The third-order valence-electron chi connectivity index (χ3n) is 5.20. The Balaban J connectivity index is 1.84. The van der Waals surface area contributed by atoms with Gasteiger partial charge in [0.25, 0.3) is 0 Å². The molecule has 30 heavy (non-hydrogen) atoms. The maximum absolute atomic E-state index is 6.91. The first kappa shape index (κ1) is 20.0. The van der Waals surface area contributed by atoms with Gasteiger partial charge in [0.1, 0.15) is 17.2 Å². The summed E-state index contributed by atoms with van der Waals surface area (Å²) < 4.78 is 12.6. The summed E-state index contributed by atoms with van der Waals surface area (Å²) in [5, 5.41) is 5.53. The van der Waals surface area contributed by atoms with Crippen molar-refractivity contribution in [2.75, 3.05) is 14.2 Å². The molecule has 0 spiro atoms. The van der Waals surface area contributed by atoms with Crippen molar-refractivity contribution >= 4 is 11.6 Å². The third kappa shape index (κ3) is 3.91. The van der Waals surface area contributed by atoms with Gasteiger partial charge in [-0.25, -0.2) is 0 Å². The van der Waals surface area contributed by atoms with E-state index in [1.807, 2.05) is 65.3 Å². The number of halogens is 1. The first-order valence-corrected chi connectivity index (χ1v) is 10.1. The van der Waals surface area contributed by atoms with Crippen LogP contribution in [0.2, 0.25) is 5.02 Å². The smallest absolute Gasteiger partial charge is 0.118 e. The van der Waals surface area contributed by atoms with Crippen LogP contribution in [0.1, 0.15) is 11.1 Å². The molecule has 152 valence electrons. The summed E-state index contributed by atoms with van der Waals surface area (Å²) in [7, 11) is 3.31. The number of aryl methyl sites for hydroxylation is 1. The highest BCUT2D eigenvalue weighted by Crippen LogP contribution is 2.37. The molecule has 5 heteroatoms. The largest absolute Gasteiger partial charge is 0.497 e. The fourth-order valence-electron chi connectivity index (χ4n) is 3.46. The second kappa shape index (κ2) is 8.64. The van der Waals surface area contributed by atoms with Crippen molar-refractivity contribution in [1.82, 2.24) is 9.78 Å². The Bertz CT molecular complexity index is 1150. The normalized spacial score (nSPS) is 10.8. The van der Waals surface area contributed by atoms with Gasteiger partial charge in [0, 0.05) is 11.1 Å². The van der Waals surface area contributed by atoms with Gasteiger partial charge in [0.05, 0.1) is 31.5 Å². The van der Waals surface area contributed by atoms with E-state index in [1.54, 1.807) is 14.2 Å². The molecule has 4 rings (SSSR count). The monoisotopic (exact) mass is 418 g/mol. The standard InChI is InChI=1S/C25H23ClN2O2/c1-17-6-4-5-7-20(17)16-28-25(19-10-14-22(30-3)15-11-19)23(26)24(27-28)18-8-12-21(29-2)13-9-18/h4-15H,16H2,1-3H3. The van der Waals surface area contributed by atoms with Crippen LogP contribution in [-0.4, -0.2) is 24.0 Å². The summed E-state index contributed by atoms with van der Waals surface area (Å²) in [6.45, 7) is 2.74. The number of aromatic nitrogens is 2. The predicted molar refractivity (Wildman–Crippen MR) is 121 cm³/mol. The Morgan fingerprint density at radius 1 is 0.800 bits per heavy atom. The van der Waals surface area contributed by atoms with Crippen LogP contribution in [0.25, 0.3) is 22.5 Å². The van der Waals surface area contributed by atoms with E-state index in [4.69, 9.17) is 26.2 Å². The van der Waals surface area contributed by atoms with Crippen LogP contribution in [0.5, 0.6) is 11.5 Å². The van der Waals surface area contributed by atoms with Gasteiger partial charge >= 0.3 is 0 Å². The number of nitrogens with zero attached hydrogens (tertiary/aromatic N) is 2. The van der Waals surface area contributed by atoms with Gasteiger partial charge in [0.2, 0.25) is 0 Å². The van der Waals surface area contributed by atoms with Crippen LogP contribution in [0.3, 0.4) is 0 Å². The lowest BCUT2D eigenvalue weighted by Gasteiger charge is -2.11. The minimum Gasteiger partial charge on any atom is -0.497 e. The molecule has 1 aromatic heterocycles. The second-order valence-corrected chi connectivity index (χ2v) is 7.43. The quantitative estimate of drug-likeness (QED) is 0.371. The lowest BCUT2D eigenvalue weighted by Crippen LogP contribution is -2.05. The van der Waals surface area contributed by atoms with E-state index in [0.29, 0.717) is 11.6 Å². The Morgan fingerprint density at radius 3 is 1.93 bits per heavy atom. The number of hydrogen-bond acceptors (Lipinski definition) is 3. The van der Waals surface area contributed by atoms with Crippen LogP contribution in [0.4, 0.5) is 0 Å². The van der Waals surface area contributed by atoms with Crippen LogP contribution < -0.4 is 9.47 Å². The number of hydrogen-bond donors (Lipinski definition) is 0. The van der Waals surface area contributed by atoms with Crippen LogP contribution in [0.15, 0.2) is 72.8 Å². The molecular weight excluding hydrogens is 396 g/mol. The van der Waals surface area contributed by atoms with Crippen molar-refractivity contribution in [3.8, 4) is 34.0 Å². The molecule has 0 bridgehead atoms. The van der Waals surface area contributed by atoms with E-state index < -0.39 is 0 Å². The summed E-state index contributed by atoms with van der Waals surface area (Å²) in [5.41, 5.74) is 5.98. The molecule has 0 aliphatic rings. The molecule has 0 atom stereocenters. The molecule has 0 fully saturated rings. The van der Waals surface area contributed by atoms with Gasteiger partial charge in [-0.15, -0.1) is 0 Å². The zero-order chi connectivity index (χ0) is 21.1. The van der Waals surface area contributed by atoms with Gasteiger partial charge in [0.15, 0.2) is 0 Å². The van der Waals surface area contributed by atoms with E-state index >= 15 is 0 Å². The summed E-state index contributed by atoms with van der Waals surface area (Å²) >= 11 is 6.91. The van der Waals surface area contributed by atoms with Gasteiger partial charge in [-0.1, -0.05) is 35.9 Å². The van der Waals surface area contributed by atoms with E-state index in [9.17, 15) is 0 Å². The molecule has 0 N–H and O–H groups in total. The number of methoxy groups -OCH3 is 2. The molecule has 1 heterocycles. The van der Waals surface area contributed by atoms with Crippen molar-refractivity contribution in [3.63, 3.8) is 0 Å². The highest BCUT2D eigenvalue weighted by molar-refractivity contribution is 6.35. The maximum Gasteiger partial charge on any atom is 0.118 e. The molecule has 4 aromatic rings. The van der Waals surface area contributed by atoms with Gasteiger partial charge in [-0.05, 0) is 66.6 Å². The maximum atomic E-state index is 6.91. The Morgan fingerprint density at radius 2 is 1.37 bits per heavy atom. The fraction of sp³-hybridized carbons (Fsp3) is 0.160. The number of rotatable bonds is 6. The van der Waals surface area contributed by atoms with Crippen LogP contribution in [-0.2, 0) is 6.54 Å². The molecule has 0 radical (unpaired) electrons. The first-order chi connectivity index (χ1) is 14.6. The molecular formula is C25H23ClN2O2. The third-order valence-corrected chi connectivity index (χ3v) is 5.56. The first-order valence-electron chi connectivity index (χ1n) is 9.70. The second-order valence-electron chi connectivity index (χ2n) is 7.05. The summed E-state index contributed by atoms with van der Waals surface area (Å²) in [5.74, 6) is 1.60. The molecule has 0 aliphatic carbocycles. The average Bonchev–Trinajstić information content (AvgIpc) is 3.11. The number of benzene rings is 3. The van der Waals surface area contributed by atoms with Gasteiger partial charge in [-0.3, -0.25) is 4.68 Å². The van der Waals surface area contributed by atoms with Crippen molar-refractivity contribution in [2.24, 2.45) is 0 Å². The lowest BCUT2D eigenvalue weighted by molar-refractivity contribution is 0.414. The van der Waals surface area contributed by atoms with Crippen molar-refractivity contribution in [1.29, 1.82) is 0 Å². The Labute approximate surface area is 181 Å². The number of ether oxygens (including phenoxy) is 2. The van der Waals surface area contributed by atoms with E-state index in [0.717, 1.165) is 34.0 Å². The topological polar surface area (TPSA) is 36.3 Å². The fourth-order valence-corrected chi connectivity index (χ4v) is 3.81. The Hall–Kier alpha value is -3.24. The zero-order valence-corrected chi connectivity index (χ0v) is 18.0. The molecule has 0 unspecified atom stereocenters. The van der Waals surface area contributed by atoms with Crippen molar-refractivity contribution in [3.05, 3.63) is 88.9 Å². The van der Waals surface area contributed by atoms with Crippen LogP contribution >= 0.6 is 11.6 Å². The van der Waals surface area contributed by atoms with E-state index in [-0.39, 0.29) is 0 Å². The molecule has 3 aromatic carbocycles. The summed E-state index contributed by atoms with van der Waals surface area (Å²) in [4.78, 5) is 0. The summed E-state index contributed by atoms with van der Waals surface area (Å²) in [6.07, 6.45) is 0.